The second kappa shape index (κ2) is 39.6. The lowest BCUT2D eigenvalue weighted by molar-refractivity contribution is -0.332. The van der Waals surface area contributed by atoms with Crippen LogP contribution in [0.2, 0.25) is 0 Å². The smallest absolute Gasteiger partial charge is 0.306 e. The highest BCUT2D eigenvalue weighted by Gasteiger charge is 2.47. The molecule has 2 saturated heterocycles. The van der Waals surface area contributed by atoms with E-state index in [1.54, 1.807) is 0 Å². The number of allylic oxidation sites excluding steroid dienone is 12. The standard InChI is InChI=1S/C53H88O15/c1-3-5-7-9-11-13-15-17-19-20-22-23-25-27-29-31-33-35-44(55)63-38-41(66-45(56)36-34-32-30-28-26-24-21-18-16-14-12-10-8-6-4-2)39-64-52-51(62)49(60)47(58)43(68-52)40-65-53-50(61)48(59)46(57)42(37-54)67-53/h12,14,17-19,21-23,26-29,41-43,46-54,57-62H,3-11,13,15-16,20,24-25,30-40H2,1-2H3/b14-12+,19-17+,21-18+,23-22+,28-26+,29-27+/t41-,42+,43+,46-,47-,48?,49?,50?,51?,52+,53+/m0/s1. The van der Waals surface area contributed by atoms with Crippen molar-refractivity contribution < 1.29 is 73.8 Å². The molecular formula is C53H88O15. The molecule has 68 heavy (non-hydrogen) atoms. The summed E-state index contributed by atoms with van der Waals surface area (Å²) in [5, 5.41) is 72.0. The monoisotopic (exact) mass is 965 g/mol. The lowest BCUT2D eigenvalue weighted by Crippen LogP contribution is -2.61. The van der Waals surface area contributed by atoms with E-state index in [0.29, 0.717) is 19.3 Å². The summed E-state index contributed by atoms with van der Waals surface area (Å²) in [7, 11) is 0. The number of aliphatic hydroxyl groups excluding tert-OH is 7. The SMILES string of the molecule is CCCCC/C=C/C/C=C/C/C=C/CCCCC(=O)O[C@@H](COC(=O)CCC/C=C/C/C=C/C/C=C/CCCCCCCC)CO[C@@H]1O[C@H](CO[C@@H]2O[C@H](CO)[C@H](O)C(O)C2O)[C@H](O)C(O)C1O. The first-order valence-electron chi connectivity index (χ1n) is 25.5. The van der Waals surface area contributed by atoms with Crippen LogP contribution in [0, 0.1) is 0 Å². The Hall–Kier alpha value is -3.06. The van der Waals surface area contributed by atoms with Gasteiger partial charge < -0.3 is 64.2 Å². The molecule has 0 spiro atoms. The van der Waals surface area contributed by atoms with Crippen LogP contribution in [0.15, 0.2) is 72.9 Å². The molecule has 390 valence electrons. The number of carbonyl (C=O) groups is 2. The fourth-order valence-electron chi connectivity index (χ4n) is 7.41. The maximum absolute atomic E-state index is 13.0. The van der Waals surface area contributed by atoms with E-state index in [1.807, 2.05) is 6.08 Å². The number of hydrogen-bond acceptors (Lipinski definition) is 15. The first-order chi connectivity index (χ1) is 33.0. The summed E-state index contributed by atoms with van der Waals surface area (Å²) < 4.78 is 33.4. The van der Waals surface area contributed by atoms with Crippen molar-refractivity contribution in [1.29, 1.82) is 0 Å². The maximum Gasteiger partial charge on any atom is 0.306 e. The number of aliphatic hydroxyl groups is 7. The summed E-state index contributed by atoms with van der Waals surface area (Å²) in [6.07, 6.45) is 29.4. The number of unbranched alkanes of at least 4 members (excludes halogenated alkanes) is 12. The Balaban J connectivity index is 1.86. The summed E-state index contributed by atoms with van der Waals surface area (Å²) in [4.78, 5) is 25.7. The Morgan fingerprint density at radius 1 is 0.471 bits per heavy atom. The maximum atomic E-state index is 13.0. The van der Waals surface area contributed by atoms with Crippen molar-refractivity contribution in [3.05, 3.63) is 72.9 Å². The topological polar surface area (TPSA) is 231 Å². The van der Waals surface area contributed by atoms with Gasteiger partial charge in [-0.2, -0.15) is 0 Å². The number of hydrogen-bond donors (Lipinski definition) is 7. The quantitative estimate of drug-likeness (QED) is 0.0187. The molecule has 15 nitrogen and oxygen atoms in total. The highest BCUT2D eigenvalue weighted by molar-refractivity contribution is 5.70. The van der Waals surface area contributed by atoms with E-state index in [-0.39, 0.29) is 19.4 Å². The average molecular weight is 965 g/mol. The van der Waals surface area contributed by atoms with Gasteiger partial charge in [-0.15, -0.1) is 0 Å². The zero-order valence-corrected chi connectivity index (χ0v) is 41.1. The van der Waals surface area contributed by atoms with Crippen LogP contribution in [0.3, 0.4) is 0 Å². The van der Waals surface area contributed by atoms with Gasteiger partial charge in [-0.05, 0) is 83.5 Å². The molecule has 11 atom stereocenters. The van der Waals surface area contributed by atoms with Crippen LogP contribution in [-0.4, -0.2) is 142 Å². The Kier molecular flexibility index (Phi) is 35.6. The predicted molar refractivity (Wildman–Crippen MR) is 261 cm³/mol. The molecule has 0 bridgehead atoms. The largest absolute Gasteiger partial charge is 0.462 e. The third-order valence-electron chi connectivity index (χ3n) is 11.7. The lowest BCUT2D eigenvalue weighted by Gasteiger charge is -2.42. The molecule has 0 aromatic heterocycles. The van der Waals surface area contributed by atoms with Crippen LogP contribution in [0.25, 0.3) is 0 Å². The van der Waals surface area contributed by atoms with E-state index < -0.39 is 99.3 Å². The van der Waals surface area contributed by atoms with Crippen molar-refractivity contribution in [1.82, 2.24) is 0 Å². The Morgan fingerprint density at radius 3 is 1.46 bits per heavy atom. The van der Waals surface area contributed by atoms with Gasteiger partial charge >= 0.3 is 11.9 Å². The zero-order chi connectivity index (χ0) is 49.6. The van der Waals surface area contributed by atoms with Gasteiger partial charge in [0.05, 0.1) is 19.8 Å². The van der Waals surface area contributed by atoms with E-state index in [0.717, 1.165) is 51.4 Å². The molecule has 2 aliphatic rings. The van der Waals surface area contributed by atoms with E-state index in [9.17, 15) is 45.3 Å². The number of ether oxygens (including phenoxy) is 6. The normalized spacial score (nSPS) is 26.4. The Labute approximate surface area is 406 Å². The van der Waals surface area contributed by atoms with Crippen molar-refractivity contribution >= 4 is 11.9 Å². The van der Waals surface area contributed by atoms with E-state index >= 15 is 0 Å². The molecule has 0 saturated carbocycles. The van der Waals surface area contributed by atoms with Gasteiger partial charge in [0.1, 0.15) is 55.4 Å². The molecular weight excluding hydrogens is 877 g/mol. The van der Waals surface area contributed by atoms with Crippen LogP contribution in [-0.2, 0) is 38.0 Å². The minimum atomic E-state index is -1.78. The molecule has 15 heteroatoms. The van der Waals surface area contributed by atoms with Gasteiger partial charge in [-0.3, -0.25) is 9.59 Å². The lowest BCUT2D eigenvalue weighted by atomic mass is 9.98. The minimum Gasteiger partial charge on any atom is -0.462 e. The first-order valence-corrected chi connectivity index (χ1v) is 25.5. The summed E-state index contributed by atoms with van der Waals surface area (Å²) in [6, 6.07) is 0. The van der Waals surface area contributed by atoms with E-state index in [4.69, 9.17) is 28.4 Å². The summed E-state index contributed by atoms with van der Waals surface area (Å²) in [5.74, 6) is -1.04. The number of carbonyl (C=O) groups excluding carboxylic acids is 2. The van der Waals surface area contributed by atoms with Gasteiger partial charge in [0.25, 0.3) is 0 Å². The molecule has 0 radical (unpaired) electrons. The van der Waals surface area contributed by atoms with Crippen LogP contribution in [0.5, 0.6) is 0 Å². The zero-order valence-electron chi connectivity index (χ0n) is 41.1. The third kappa shape index (κ3) is 27.4. The molecule has 7 N–H and O–H groups in total. The molecule has 2 fully saturated rings. The molecule has 0 aromatic rings. The van der Waals surface area contributed by atoms with Crippen LogP contribution >= 0.6 is 0 Å². The molecule has 0 amide bonds. The van der Waals surface area contributed by atoms with Gasteiger partial charge in [0.2, 0.25) is 0 Å². The minimum absolute atomic E-state index is 0.102. The second-order valence-electron chi connectivity index (χ2n) is 17.6. The van der Waals surface area contributed by atoms with Crippen molar-refractivity contribution in [3.8, 4) is 0 Å². The Bertz CT molecular complexity index is 1460. The highest BCUT2D eigenvalue weighted by Crippen LogP contribution is 2.26. The van der Waals surface area contributed by atoms with Crippen LogP contribution in [0.1, 0.15) is 155 Å². The van der Waals surface area contributed by atoms with Crippen molar-refractivity contribution in [2.24, 2.45) is 0 Å². The third-order valence-corrected chi connectivity index (χ3v) is 11.7. The highest BCUT2D eigenvalue weighted by atomic mass is 16.7. The van der Waals surface area contributed by atoms with Crippen molar-refractivity contribution in [2.75, 3.05) is 26.4 Å². The summed E-state index contributed by atoms with van der Waals surface area (Å²) >= 11 is 0. The van der Waals surface area contributed by atoms with Gasteiger partial charge in [0, 0.05) is 12.8 Å². The Morgan fingerprint density at radius 2 is 0.897 bits per heavy atom. The van der Waals surface area contributed by atoms with E-state index in [2.05, 4.69) is 80.7 Å². The van der Waals surface area contributed by atoms with Gasteiger partial charge in [0.15, 0.2) is 18.7 Å². The van der Waals surface area contributed by atoms with Crippen molar-refractivity contribution in [3.63, 3.8) is 0 Å². The van der Waals surface area contributed by atoms with Crippen LogP contribution < -0.4 is 0 Å². The predicted octanol–water partition coefficient (Wildman–Crippen LogP) is 7.04. The summed E-state index contributed by atoms with van der Waals surface area (Å²) in [5.41, 5.74) is 0. The van der Waals surface area contributed by atoms with Gasteiger partial charge in [-0.1, -0.05) is 132 Å². The molecule has 2 heterocycles. The number of rotatable bonds is 38. The molecule has 0 aliphatic carbocycles. The van der Waals surface area contributed by atoms with Gasteiger partial charge in [-0.25, -0.2) is 0 Å². The first kappa shape index (κ1) is 61.1. The second-order valence-corrected chi connectivity index (χ2v) is 17.6. The van der Waals surface area contributed by atoms with E-state index in [1.165, 1.54) is 57.8 Å². The average Bonchev–Trinajstić information content (AvgIpc) is 3.33. The number of esters is 2. The molecule has 0 aromatic carbocycles. The fourth-order valence-corrected chi connectivity index (χ4v) is 7.41. The molecule has 2 aliphatic heterocycles. The van der Waals surface area contributed by atoms with Crippen LogP contribution in [0.4, 0.5) is 0 Å². The molecule has 4 unspecified atom stereocenters. The summed E-state index contributed by atoms with van der Waals surface area (Å²) in [6.45, 7) is 2.44. The fraction of sp³-hybridized carbons (Fsp3) is 0.736. The van der Waals surface area contributed by atoms with Crippen molar-refractivity contribution in [2.45, 2.75) is 223 Å². The molecule has 2 rings (SSSR count).